The van der Waals surface area contributed by atoms with Crippen LogP contribution in [0.25, 0.3) is 10.9 Å². The first-order chi connectivity index (χ1) is 9.63. The number of H-pyrrole nitrogens is 2. The maximum Gasteiger partial charge on any atom is 0.268 e. The van der Waals surface area contributed by atoms with Crippen LogP contribution in [0.15, 0.2) is 24.5 Å². The van der Waals surface area contributed by atoms with Gasteiger partial charge in [0.1, 0.15) is 17.8 Å². The maximum absolute atomic E-state index is 12.1. The van der Waals surface area contributed by atoms with Gasteiger partial charge in [-0.15, -0.1) is 0 Å². The molecule has 3 aromatic rings. The van der Waals surface area contributed by atoms with E-state index in [0.29, 0.717) is 23.1 Å². The van der Waals surface area contributed by atoms with Crippen LogP contribution in [-0.2, 0) is 6.54 Å². The van der Waals surface area contributed by atoms with Crippen molar-refractivity contribution in [2.24, 2.45) is 0 Å². The quantitative estimate of drug-likeness (QED) is 0.691. The molecule has 6 nitrogen and oxygen atoms in total. The Kier molecular flexibility index (Phi) is 3.15. The zero-order chi connectivity index (χ0) is 14.1. The van der Waals surface area contributed by atoms with Gasteiger partial charge in [0.15, 0.2) is 0 Å². The van der Waals surface area contributed by atoms with Crippen LogP contribution in [-0.4, -0.2) is 26.1 Å². The van der Waals surface area contributed by atoms with Crippen molar-refractivity contribution in [1.29, 1.82) is 0 Å². The molecule has 102 valence electrons. The van der Waals surface area contributed by atoms with Gasteiger partial charge in [-0.25, -0.2) is 4.98 Å². The third kappa shape index (κ3) is 2.37. The van der Waals surface area contributed by atoms with E-state index in [0.717, 1.165) is 16.5 Å². The molecular weight excluding hydrogens is 278 g/mol. The van der Waals surface area contributed by atoms with E-state index in [9.17, 15) is 4.79 Å². The SMILES string of the molecule is Cc1cc(Cl)cc2cc(C(=O)NCc3ncn[nH]3)[nH]c12. The molecule has 0 spiro atoms. The molecule has 0 bridgehead atoms. The largest absolute Gasteiger partial charge is 0.350 e. The minimum absolute atomic E-state index is 0.201. The Bertz CT molecular complexity index is 763. The molecule has 2 heterocycles. The summed E-state index contributed by atoms with van der Waals surface area (Å²) >= 11 is 6.01. The number of fused-ring (bicyclic) bond motifs is 1. The van der Waals surface area contributed by atoms with E-state index in [1.807, 2.05) is 19.1 Å². The van der Waals surface area contributed by atoms with Gasteiger partial charge in [0.25, 0.3) is 5.91 Å². The standard InChI is InChI=1S/C13H12ClN5O/c1-7-2-9(14)3-8-4-10(18-12(7)8)13(20)15-5-11-16-6-17-19-11/h2-4,6,18H,5H2,1H3,(H,15,20)(H,16,17,19). The summed E-state index contributed by atoms with van der Waals surface area (Å²) in [5.74, 6) is 0.404. The van der Waals surface area contributed by atoms with E-state index in [2.05, 4.69) is 25.5 Å². The average Bonchev–Trinajstić information content (AvgIpc) is 3.04. The number of nitrogens with one attached hydrogen (secondary N) is 3. The summed E-state index contributed by atoms with van der Waals surface area (Å²) in [5, 5.41) is 10.7. The van der Waals surface area contributed by atoms with Crippen LogP contribution in [0.2, 0.25) is 5.02 Å². The molecule has 1 aromatic carbocycles. The summed E-state index contributed by atoms with van der Waals surface area (Å²) in [7, 11) is 0. The highest BCUT2D eigenvalue weighted by molar-refractivity contribution is 6.31. The van der Waals surface area contributed by atoms with Gasteiger partial charge in [-0.3, -0.25) is 9.89 Å². The molecule has 3 rings (SSSR count). The number of aromatic nitrogens is 4. The van der Waals surface area contributed by atoms with Crippen LogP contribution >= 0.6 is 11.6 Å². The van der Waals surface area contributed by atoms with Gasteiger partial charge in [-0.2, -0.15) is 5.10 Å². The van der Waals surface area contributed by atoms with Gasteiger partial charge >= 0.3 is 0 Å². The lowest BCUT2D eigenvalue weighted by atomic mass is 10.2. The summed E-state index contributed by atoms with van der Waals surface area (Å²) < 4.78 is 0. The second kappa shape index (κ2) is 4.97. The number of aromatic amines is 2. The molecule has 20 heavy (non-hydrogen) atoms. The number of amides is 1. The van der Waals surface area contributed by atoms with E-state index in [4.69, 9.17) is 11.6 Å². The van der Waals surface area contributed by atoms with Crippen LogP contribution in [0.1, 0.15) is 21.9 Å². The van der Waals surface area contributed by atoms with Crippen LogP contribution in [0.3, 0.4) is 0 Å². The number of nitrogens with zero attached hydrogens (tertiary/aromatic N) is 2. The first kappa shape index (κ1) is 12.7. The molecule has 2 aromatic heterocycles. The van der Waals surface area contributed by atoms with Crippen molar-refractivity contribution < 1.29 is 4.79 Å². The second-order valence-electron chi connectivity index (χ2n) is 4.48. The van der Waals surface area contributed by atoms with Crippen molar-refractivity contribution in [3.63, 3.8) is 0 Å². The third-order valence-corrected chi connectivity index (χ3v) is 3.23. The number of carbonyl (C=O) groups excluding carboxylic acids is 1. The normalized spacial score (nSPS) is 10.9. The number of carbonyl (C=O) groups is 1. The van der Waals surface area contributed by atoms with E-state index >= 15 is 0 Å². The Hall–Kier alpha value is -2.34. The highest BCUT2D eigenvalue weighted by Gasteiger charge is 2.11. The Morgan fingerprint density at radius 2 is 2.25 bits per heavy atom. The minimum atomic E-state index is -0.201. The summed E-state index contributed by atoms with van der Waals surface area (Å²) in [5.41, 5.74) is 2.41. The highest BCUT2D eigenvalue weighted by atomic mass is 35.5. The molecule has 0 atom stereocenters. The number of halogens is 1. The van der Waals surface area contributed by atoms with E-state index in [-0.39, 0.29) is 5.91 Å². The number of hydrogen-bond acceptors (Lipinski definition) is 3. The first-order valence-corrected chi connectivity index (χ1v) is 6.42. The molecule has 0 aliphatic carbocycles. The molecule has 7 heteroatoms. The van der Waals surface area contributed by atoms with E-state index in [1.165, 1.54) is 6.33 Å². The zero-order valence-electron chi connectivity index (χ0n) is 10.7. The fraction of sp³-hybridized carbons (Fsp3) is 0.154. The average molecular weight is 290 g/mol. The van der Waals surface area contributed by atoms with Crippen LogP contribution in [0.4, 0.5) is 0 Å². The molecule has 0 aliphatic heterocycles. The smallest absolute Gasteiger partial charge is 0.268 e. The van der Waals surface area contributed by atoms with Gasteiger partial charge in [0, 0.05) is 15.9 Å². The monoisotopic (exact) mass is 289 g/mol. The summed E-state index contributed by atoms with van der Waals surface area (Å²) in [6.45, 7) is 2.24. The lowest BCUT2D eigenvalue weighted by Crippen LogP contribution is -2.23. The third-order valence-electron chi connectivity index (χ3n) is 3.02. The number of hydrogen-bond donors (Lipinski definition) is 3. The zero-order valence-corrected chi connectivity index (χ0v) is 11.5. The van der Waals surface area contributed by atoms with Gasteiger partial charge in [0.2, 0.25) is 0 Å². The molecular formula is C13H12ClN5O. The van der Waals surface area contributed by atoms with E-state index in [1.54, 1.807) is 6.07 Å². The number of rotatable bonds is 3. The minimum Gasteiger partial charge on any atom is -0.350 e. The molecule has 0 saturated heterocycles. The molecule has 0 aliphatic rings. The lowest BCUT2D eigenvalue weighted by molar-refractivity contribution is 0.0946. The van der Waals surface area contributed by atoms with Crippen molar-refractivity contribution in [2.45, 2.75) is 13.5 Å². The van der Waals surface area contributed by atoms with Crippen molar-refractivity contribution >= 4 is 28.4 Å². The molecule has 0 fully saturated rings. The van der Waals surface area contributed by atoms with Crippen molar-refractivity contribution in [2.75, 3.05) is 0 Å². The molecule has 0 unspecified atom stereocenters. The Balaban J connectivity index is 1.83. The number of aryl methyl sites for hydroxylation is 1. The molecule has 0 saturated carbocycles. The summed E-state index contributed by atoms with van der Waals surface area (Å²) in [6, 6.07) is 5.47. The second-order valence-corrected chi connectivity index (χ2v) is 4.92. The van der Waals surface area contributed by atoms with Crippen molar-refractivity contribution in [1.82, 2.24) is 25.5 Å². The molecule has 0 radical (unpaired) electrons. The Labute approximate surface area is 119 Å². The van der Waals surface area contributed by atoms with Gasteiger partial charge in [-0.1, -0.05) is 11.6 Å². The lowest BCUT2D eigenvalue weighted by Gasteiger charge is -2.00. The fourth-order valence-electron chi connectivity index (χ4n) is 2.08. The van der Waals surface area contributed by atoms with Gasteiger partial charge < -0.3 is 10.3 Å². The maximum atomic E-state index is 12.1. The topological polar surface area (TPSA) is 86.5 Å². The first-order valence-electron chi connectivity index (χ1n) is 6.05. The van der Waals surface area contributed by atoms with Crippen LogP contribution < -0.4 is 5.32 Å². The predicted octanol–water partition coefficient (Wildman–Crippen LogP) is 2.18. The van der Waals surface area contributed by atoms with E-state index < -0.39 is 0 Å². The van der Waals surface area contributed by atoms with Gasteiger partial charge in [-0.05, 0) is 30.7 Å². The fourth-order valence-corrected chi connectivity index (χ4v) is 2.36. The van der Waals surface area contributed by atoms with Crippen LogP contribution in [0, 0.1) is 6.92 Å². The molecule has 3 N–H and O–H groups in total. The summed E-state index contributed by atoms with van der Waals surface area (Å²) in [6.07, 6.45) is 1.40. The van der Waals surface area contributed by atoms with Crippen LogP contribution in [0.5, 0.6) is 0 Å². The Morgan fingerprint density at radius 3 is 3.00 bits per heavy atom. The predicted molar refractivity (Wildman–Crippen MR) is 75.6 cm³/mol. The summed E-state index contributed by atoms with van der Waals surface area (Å²) in [4.78, 5) is 19.1. The van der Waals surface area contributed by atoms with Crippen molar-refractivity contribution in [3.05, 3.63) is 46.6 Å². The van der Waals surface area contributed by atoms with Gasteiger partial charge in [0.05, 0.1) is 6.54 Å². The number of benzene rings is 1. The Morgan fingerprint density at radius 1 is 1.40 bits per heavy atom. The highest BCUT2D eigenvalue weighted by Crippen LogP contribution is 2.24. The van der Waals surface area contributed by atoms with Crippen molar-refractivity contribution in [3.8, 4) is 0 Å². The molecule has 1 amide bonds.